The zero-order valence-corrected chi connectivity index (χ0v) is 35.0. The molecule has 9 amide bonds. The van der Waals surface area contributed by atoms with Crippen molar-refractivity contribution in [2.45, 2.75) is 78.2 Å². The standard InChI is InChI=1S/C39H60N8O12/c1-26(2)33(44-30(48)16-21-56-23-24-57-22-20-47-31(49)14-15-32(47)50)35(52)43-29(9-8-17-41-36(40)53)34(51)42-28-12-10-27(11-13-28)25-58-37(54)45(6)18-19-46(7)38(55)59-39(3,4)5/h10-15,26,29,33H,8-9,16-25H2,1-7H3,(H,42,51)(H,43,52)(H,44,48)(H3,40,41,53)/t29-,33-/m0/s1. The monoisotopic (exact) mass is 832 g/mol. The lowest BCUT2D eigenvalue weighted by atomic mass is 10.0. The summed E-state index contributed by atoms with van der Waals surface area (Å²) in [4.78, 5) is 102. The number of primary amides is 1. The summed E-state index contributed by atoms with van der Waals surface area (Å²) in [5.74, 6) is -2.72. The zero-order valence-electron chi connectivity index (χ0n) is 35.0. The summed E-state index contributed by atoms with van der Waals surface area (Å²) in [6.07, 6.45) is 1.65. The number of nitrogens with zero attached hydrogens (tertiary/aromatic N) is 3. The van der Waals surface area contributed by atoms with Crippen molar-refractivity contribution in [3.05, 3.63) is 42.0 Å². The number of hydrogen-bond donors (Lipinski definition) is 5. The number of amides is 9. The highest BCUT2D eigenvalue weighted by Crippen LogP contribution is 2.14. The fourth-order valence-corrected chi connectivity index (χ4v) is 5.11. The minimum atomic E-state index is -1.05. The average Bonchev–Trinajstić information content (AvgIpc) is 3.48. The molecule has 0 spiro atoms. The van der Waals surface area contributed by atoms with E-state index in [1.165, 1.54) is 22.0 Å². The van der Waals surface area contributed by atoms with Gasteiger partial charge in [-0.05, 0) is 57.2 Å². The normalized spacial score (nSPS) is 13.4. The molecule has 0 radical (unpaired) electrons. The number of benzene rings is 1. The quantitative estimate of drug-likeness (QED) is 0.0734. The van der Waals surface area contributed by atoms with E-state index in [4.69, 9.17) is 24.7 Å². The van der Waals surface area contributed by atoms with Crippen LogP contribution in [0.4, 0.5) is 20.1 Å². The van der Waals surface area contributed by atoms with Crippen LogP contribution in [-0.2, 0) is 49.5 Å². The van der Waals surface area contributed by atoms with E-state index in [0.29, 0.717) is 17.7 Å². The Bertz CT molecular complexity index is 1610. The number of anilines is 1. The average molecular weight is 833 g/mol. The first kappa shape index (κ1) is 49.4. The summed E-state index contributed by atoms with van der Waals surface area (Å²) < 4.78 is 21.5. The fraction of sp³-hybridized carbons (Fsp3) is 0.590. The number of ether oxygens (including phenoxy) is 4. The number of hydrogen-bond acceptors (Lipinski definition) is 12. The number of urea groups is 1. The van der Waals surface area contributed by atoms with Gasteiger partial charge in [0.15, 0.2) is 0 Å². The molecule has 2 rings (SSSR count). The molecule has 20 nitrogen and oxygen atoms in total. The second-order valence-electron chi connectivity index (χ2n) is 15.0. The molecule has 1 aromatic carbocycles. The van der Waals surface area contributed by atoms with Gasteiger partial charge in [-0.25, -0.2) is 14.4 Å². The van der Waals surface area contributed by atoms with E-state index in [1.807, 2.05) is 0 Å². The van der Waals surface area contributed by atoms with Crippen LogP contribution in [0, 0.1) is 5.92 Å². The third-order valence-corrected chi connectivity index (χ3v) is 8.44. The van der Waals surface area contributed by atoms with Crippen LogP contribution in [0.15, 0.2) is 36.4 Å². The van der Waals surface area contributed by atoms with Crippen LogP contribution >= 0.6 is 0 Å². The van der Waals surface area contributed by atoms with Gasteiger partial charge in [0.25, 0.3) is 11.8 Å². The van der Waals surface area contributed by atoms with E-state index in [-0.39, 0.29) is 78.0 Å². The molecule has 0 aromatic heterocycles. The number of nitrogens with one attached hydrogen (secondary N) is 4. The summed E-state index contributed by atoms with van der Waals surface area (Å²) in [7, 11) is 3.12. The maximum Gasteiger partial charge on any atom is 0.410 e. The maximum atomic E-state index is 13.5. The van der Waals surface area contributed by atoms with Gasteiger partial charge in [0.05, 0.1) is 33.0 Å². The van der Waals surface area contributed by atoms with Gasteiger partial charge in [-0.1, -0.05) is 26.0 Å². The van der Waals surface area contributed by atoms with Gasteiger partial charge >= 0.3 is 18.2 Å². The number of rotatable bonds is 24. The van der Waals surface area contributed by atoms with E-state index in [1.54, 1.807) is 73.0 Å². The summed E-state index contributed by atoms with van der Waals surface area (Å²) in [5.41, 5.74) is 5.55. The summed E-state index contributed by atoms with van der Waals surface area (Å²) in [6.45, 7) is 9.95. The topological polar surface area (TPSA) is 257 Å². The Balaban J connectivity index is 1.87. The second-order valence-corrected chi connectivity index (χ2v) is 15.0. The summed E-state index contributed by atoms with van der Waals surface area (Å²) >= 11 is 0. The van der Waals surface area contributed by atoms with Crippen LogP contribution in [0.2, 0.25) is 0 Å². The smallest absolute Gasteiger partial charge is 0.410 e. The third-order valence-electron chi connectivity index (χ3n) is 8.44. The molecule has 0 unspecified atom stereocenters. The van der Waals surface area contributed by atoms with Crippen LogP contribution in [-0.4, -0.2) is 147 Å². The lowest BCUT2D eigenvalue weighted by Crippen LogP contribution is -2.54. The van der Waals surface area contributed by atoms with Crippen molar-refractivity contribution in [3.8, 4) is 0 Å². The van der Waals surface area contributed by atoms with Crippen molar-refractivity contribution in [1.82, 2.24) is 30.7 Å². The van der Waals surface area contributed by atoms with Crippen LogP contribution < -0.4 is 27.0 Å². The van der Waals surface area contributed by atoms with Crippen molar-refractivity contribution in [3.63, 3.8) is 0 Å². The van der Waals surface area contributed by atoms with Gasteiger partial charge in [-0.3, -0.25) is 28.9 Å². The molecule has 0 aliphatic carbocycles. The van der Waals surface area contributed by atoms with Crippen molar-refractivity contribution in [2.75, 3.05) is 72.0 Å². The predicted molar refractivity (Wildman–Crippen MR) is 214 cm³/mol. The number of likely N-dealkylation sites (N-methyl/N-ethyl adjacent to an activating group) is 2. The minimum Gasteiger partial charge on any atom is -0.445 e. The highest BCUT2D eigenvalue weighted by atomic mass is 16.6. The number of nitrogens with two attached hydrogens (primary N) is 1. The molecule has 20 heteroatoms. The maximum absolute atomic E-state index is 13.5. The van der Waals surface area contributed by atoms with E-state index in [2.05, 4.69) is 21.3 Å². The molecule has 1 aliphatic rings. The molecule has 6 N–H and O–H groups in total. The fourth-order valence-electron chi connectivity index (χ4n) is 5.11. The summed E-state index contributed by atoms with van der Waals surface area (Å²) in [5, 5.41) is 10.6. The lowest BCUT2D eigenvalue weighted by molar-refractivity contribution is -0.137. The first-order valence-electron chi connectivity index (χ1n) is 19.3. The van der Waals surface area contributed by atoms with Gasteiger partial charge < -0.3 is 55.7 Å². The Kier molecular flexibility index (Phi) is 20.8. The van der Waals surface area contributed by atoms with Gasteiger partial charge in [-0.15, -0.1) is 0 Å². The first-order valence-corrected chi connectivity index (χ1v) is 19.3. The highest BCUT2D eigenvalue weighted by Gasteiger charge is 2.29. The number of carbonyl (C=O) groups is 8. The molecule has 0 saturated heterocycles. The SMILES string of the molecule is CC(C)[C@H](NC(=O)CCOCCOCCN1C(=O)C=CC1=O)C(=O)N[C@@H](CCCNC(N)=O)C(=O)Nc1ccc(COC(=O)N(C)CCN(C)C(=O)OC(C)(C)C)cc1. The predicted octanol–water partition coefficient (Wildman–Crippen LogP) is 1.48. The number of imide groups is 1. The number of carbonyl (C=O) groups excluding carboxylic acids is 8. The lowest BCUT2D eigenvalue weighted by Gasteiger charge is -2.26. The van der Waals surface area contributed by atoms with Gasteiger partial charge in [0.2, 0.25) is 17.7 Å². The van der Waals surface area contributed by atoms with Crippen LogP contribution in [0.25, 0.3) is 0 Å². The minimum absolute atomic E-state index is 0.0417. The largest absolute Gasteiger partial charge is 0.445 e. The Hall–Kier alpha value is -5.76. The molecule has 0 bridgehead atoms. The molecule has 0 fully saturated rings. The highest BCUT2D eigenvalue weighted by molar-refractivity contribution is 6.12. The van der Waals surface area contributed by atoms with Crippen molar-refractivity contribution >= 4 is 53.4 Å². The van der Waals surface area contributed by atoms with Crippen molar-refractivity contribution in [1.29, 1.82) is 0 Å². The Morgan fingerprint density at radius 1 is 0.814 bits per heavy atom. The third kappa shape index (κ3) is 19.5. The Labute approximate surface area is 344 Å². The molecule has 2 atom stereocenters. The Morgan fingerprint density at radius 3 is 1.98 bits per heavy atom. The van der Waals surface area contributed by atoms with Crippen molar-refractivity contribution < 1.29 is 57.3 Å². The van der Waals surface area contributed by atoms with Gasteiger partial charge in [-0.2, -0.15) is 0 Å². The Morgan fingerprint density at radius 2 is 1.41 bits per heavy atom. The van der Waals surface area contributed by atoms with Crippen LogP contribution in [0.1, 0.15) is 59.4 Å². The van der Waals surface area contributed by atoms with Gasteiger partial charge in [0.1, 0.15) is 24.3 Å². The van der Waals surface area contributed by atoms with Crippen molar-refractivity contribution in [2.24, 2.45) is 11.7 Å². The first-order chi connectivity index (χ1) is 27.8. The van der Waals surface area contributed by atoms with E-state index in [9.17, 15) is 38.4 Å². The van der Waals surface area contributed by atoms with E-state index in [0.717, 1.165) is 4.90 Å². The van der Waals surface area contributed by atoms with Gasteiger partial charge in [0, 0.05) is 58.0 Å². The molecular weight excluding hydrogens is 772 g/mol. The molecule has 1 aromatic rings. The second kappa shape index (κ2) is 24.9. The van der Waals surface area contributed by atoms with Crippen LogP contribution in [0.3, 0.4) is 0 Å². The summed E-state index contributed by atoms with van der Waals surface area (Å²) in [6, 6.07) is 3.76. The zero-order chi connectivity index (χ0) is 44.1. The van der Waals surface area contributed by atoms with E-state index >= 15 is 0 Å². The molecule has 59 heavy (non-hydrogen) atoms. The molecule has 328 valence electrons. The van der Waals surface area contributed by atoms with Crippen LogP contribution in [0.5, 0.6) is 0 Å². The molecule has 0 saturated carbocycles. The van der Waals surface area contributed by atoms with E-state index < -0.39 is 65.4 Å². The molecule has 1 aliphatic heterocycles. The molecular formula is C39H60N8O12. The molecule has 1 heterocycles.